The zero-order valence-corrected chi connectivity index (χ0v) is 13.3. The second-order valence-corrected chi connectivity index (χ2v) is 5.21. The number of halogens is 1. The number of nitrogens with one attached hydrogen (secondary N) is 2. The number of carbonyl (C=O) groups excluding carboxylic acids is 1. The summed E-state index contributed by atoms with van der Waals surface area (Å²) >= 11 is 0. The molecule has 0 bridgehead atoms. The fraction of sp³-hybridized carbons (Fsp3) is 0.0526. The minimum absolute atomic E-state index is 0.237. The topological polar surface area (TPSA) is 63.2 Å². The van der Waals surface area contributed by atoms with Gasteiger partial charge in [-0.2, -0.15) is 0 Å². The number of benzene rings is 2. The van der Waals surface area contributed by atoms with Crippen LogP contribution in [-0.4, -0.2) is 10.9 Å². The minimum atomic E-state index is -0.470. The van der Waals surface area contributed by atoms with Crippen molar-refractivity contribution >= 4 is 17.4 Å². The summed E-state index contributed by atoms with van der Waals surface area (Å²) in [4.78, 5) is 21.7. The normalized spacial score (nSPS) is 10.3. The van der Waals surface area contributed by atoms with E-state index in [4.69, 9.17) is 4.84 Å². The third-order valence-corrected chi connectivity index (χ3v) is 3.43. The molecule has 3 rings (SSSR count). The lowest BCUT2D eigenvalue weighted by Gasteiger charge is -2.11. The SMILES string of the molecule is O=C(NOCc1ccccc1)c1cccnc1Nc1ccccc1F. The predicted octanol–water partition coefficient (Wildman–Crippen LogP) is 3.83. The van der Waals surface area contributed by atoms with Crippen LogP contribution in [0.3, 0.4) is 0 Å². The second-order valence-electron chi connectivity index (χ2n) is 5.21. The summed E-state index contributed by atoms with van der Waals surface area (Å²) in [6, 6.07) is 18.8. The number of rotatable bonds is 6. The Labute approximate surface area is 144 Å². The van der Waals surface area contributed by atoms with Crippen molar-refractivity contribution in [2.24, 2.45) is 0 Å². The summed E-state index contributed by atoms with van der Waals surface area (Å²) < 4.78 is 13.8. The van der Waals surface area contributed by atoms with E-state index in [0.717, 1.165) is 5.56 Å². The highest BCUT2D eigenvalue weighted by molar-refractivity contribution is 5.98. The molecule has 3 aromatic rings. The first-order chi connectivity index (χ1) is 12.2. The van der Waals surface area contributed by atoms with Gasteiger partial charge in [0.05, 0.1) is 17.9 Å². The molecule has 126 valence electrons. The zero-order valence-electron chi connectivity index (χ0n) is 13.3. The Morgan fingerprint density at radius 1 is 1.00 bits per heavy atom. The maximum absolute atomic E-state index is 13.8. The van der Waals surface area contributed by atoms with Gasteiger partial charge in [-0.1, -0.05) is 42.5 Å². The number of hydrogen-bond donors (Lipinski definition) is 2. The van der Waals surface area contributed by atoms with Gasteiger partial charge in [0.2, 0.25) is 0 Å². The number of anilines is 2. The lowest BCUT2D eigenvalue weighted by molar-refractivity contribution is 0.0234. The third kappa shape index (κ3) is 4.39. The molecule has 1 heterocycles. The third-order valence-electron chi connectivity index (χ3n) is 3.43. The van der Waals surface area contributed by atoms with Gasteiger partial charge in [-0.25, -0.2) is 14.9 Å². The Morgan fingerprint density at radius 3 is 2.56 bits per heavy atom. The van der Waals surface area contributed by atoms with Crippen molar-refractivity contribution in [3.8, 4) is 0 Å². The summed E-state index contributed by atoms with van der Waals surface area (Å²) in [6.07, 6.45) is 1.52. The molecule has 0 atom stereocenters. The lowest BCUT2D eigenvalue weighted by atomic mass is 10.2. The highest BCUT2D eigenvalue weighted by Gasteiger charge is 2.13. The maximum atomic E-state index is 13.8. The quantitative estimate of drug-likeness (QED) is 0.671. The van der Waals surface area contributed by atoms with Gasteiger partial charge in [0.15, 0.2) is 0 Å². The van der Waals surface area contributed by atoms with Crippen molar-refractivity contribution in [3.05, 3.63) is 89.9 Å². The van der Waals surface area contributed by atoms with Gasteiger partial charge in [-0.05, 0) is 29.8 Å². The van der Waals surface area contributed by atoms with Crippen molar-refractivity contribution in [2.75, 3.05) is 5.32 Å². The lowest BCUT2D eigenvalue weighted by Crippen LogP contribution is -2.24. The molecule has 1 amide bonds. The monoisotopic (exact) mass is 337 g/mol. The van der Waals surface area contributed by atoms with Gasteiger partial charge < -0.3 is 5.32 Å². The van der Waals surface area contributed by atoms with Crippen molar-refractivity contribution < 1.29 is 14.0 Å². The summed E-state index contributed by atoms with van der Waals surface area (Å²) in [7, 11) is 0. The number of nitrogens with zero attached hydrogens (tertiary/aromatic N) is 1. The van der Waals surface area contributed by atoms with Crippen LogP contribution in [-0.2, 0) is 11.4 Å². The van der Waals surface area contributed by atoms with Crippen molar-refractivity contribution in [2.45, 2.75) is 6.61 Å². The van der Waals surface area contributed by atoms with Gasteiger partial charge in [-0.3, -0.25) is 9.63 Å². The summed E-state index contributed by atoms with van der Waals surface area (Å²) in [5, 5.41) is 2.83. The predicted molar refractivity (Wildman–Crippen MR) is 92.6 cm³/mol. The molecule has 0 saturated heterocycles. The molecule has 6 heteroatoms. The molecular weight excluding hydrogens is 321 g/mol. The van der Waals surface area contributed by atoms with E-state index in [-0.39, 0.29) is 23.7 Å². The van der Waals surface area contributed by atoms with E-state index in [1.807, 2.05) is 30.3 Å². The van der Waals surface area contributed by atoms with Crippen LogP contribution in [0.4, 0.5) is 15.9 Å². The van der Waals surface area contributed by atoms with Crippen LogP contribution < -0.4 is 10.8 Å². The number of pyridine rings is 1. The van der Waals surface area contributed by atoms with E-state index in [9.17, 15) is 9.18 Å². The molecule has 0 aliphatic heterocycles. The van der Waals surface area contributed by atoms with Crippen molar-refractivity contribution in [1.82, 2.24) is 10.5 Å². The fourth-order valence-electron chi connectivity index (χ4n) is 2.19. The summed E-state index contributed by atoms with van der Waals surface area (Å²) in [6.45, 7) is 0.239. The van der Waals surface area contributed by atoms with Crippen LogP contribution in [0.1, 0.15) is 15.9 Å². The fourth-order valence-corrected chi connectivity index (χ4v) is 2.19. The van der Waals surface area contributed by atoms with Crippen molar-refractivity contribution in [3.63, 3.8) is 0 Å². The van der Waals surface area contributed by atoms with Crippen LogP contribution in [0.25, 0.3) is 0 Å². The van der Waals surface area contributed by atoms with Crippen LogP contribution in [0, 0.1) is 5.82 Å². The number of aromatic nitrogens is 1. The van der Waals surface area contributed by atoms with E-state index in [0.29, 0.717) is 0 Å². The average molecular weight is 337 g/mol. The van der Waals surface area contributed by atoms with E-state index < -0.39 is 11.7 Å². The van der Waals surface area contributed by atoms with E-state index >= 15 is 0 Å². The molecule has 1 aromatic heterocycles. The first kappa shape index (κ1) is 16.6. The Morgan fingerprint density at radius 2 is 1.76 bits per heavy atom. The molecule has 0 aliphatic carbocycles. The highest BCUT2D eigenvalue weighted by Crippen LogP contribution is 2.20. The molecule has 2 aromatic carbocycles. The molecule has 0 fully saturated rings. The van der Waals surface area contributed by atoms with Crippen molar-refractivity contribution in [1.29, 1.82) is 0 Å². The molecule has 0 aliphatic rings. The number of hydrogen-bond acceptors (Lipinski definition) is 4. The van der Waals surface area contributed by atoms with Gasteiger partial charge in [0, 0.05) is 6.20 Å². The zero-order chi connectivity index (χ0) is 17.5. The smallest absolute Gasteiger partial charge is 0.278 e. The molecule has 0 saturated carbocycles. The van der Waals surface area contributed by atoms with Crippen LogP contribution in [0.2, 0.25) is 0 Å². The standard InChI is InChI=1S/C19H16FN3O2/c20-16-10-4-5-11-17(16)22-18-15(9-6-12-21-18)19(24)23-25-13-14-7-2-1-3-8-14/h1-12H,13H2,(H,21,22)(H,23,24). The average Bonchev–Trinajstić information content (AvgIpc) is 2.65. The molecule has 25 heavy (non-hydrogen) atoms. The highest BCUT2D eigenvalue weighted by atomic mass is 19.1. The Hall–Kier alpha value is -3.25. The molecule has 0 unspecified atom stereocenters. The Kier molecular flexibility index (Phi) is 5.33. The van der Waals surface area contributed by atoms with Crippen LogP contribution in [0.5, 0.6) is 0 Å². The van der Waals surface area contributed by atoms with E-state index in [2.05, 4.69) is 15.8 Å². The van der Waals surface area contributed by atoms with Gasteiger partial charge >= 0.3 is 0 Å². The molecule has 0 radical (unpaired) electrons. The van der Waals surface area contributed by atoms with Gasteiger partial charge in [-0.15, -0.1) is 0 Å². The van der Waals surface area contributed by atoms with Crippen LogP contribution in [0.15, 0.2) is 72.9 Å². The molecule has 2 N–H and O–H groups in total. The van der Waals surface area contributed by atoms with Crippen LogP contribution >= 0.6 is 0 Å². The first-order valence-corrected chi connectivity index (χ1v) is 7.66. The van der Waals surface area contributed by atoms with Gasteiger partial charge in [0.25, 0.3) is 5.91 Å². The maximum Gasteiger partial charge on any atom is 0.278 e. The number of para-hydroxylation sites is 1. The van der Waals surface area contributed by atoms with Gasteiger partial charge in [0.1, 0.15) is 11.6 Å². The summed E-state index contributed by atoms with van der Waals surface area (Å²) in [5.74, 6) is -0.656. The Balaban J connectivity index is 1.67. The summed E-state index contributed by atoms with van der Waals surface area (Å²) in [5.41, 5.74) is 3.79. The molecule has 5 nitrogen and oxygen atoms in total. The Bertz CT molecular complexity index is 856. The second kappa shape index (κ2) is 8.03. The number of carbonyl (C=O) groups is 1. The molecule has 0 spiro atoms. The number of amides is 1. The molecular formula is C19H16FN3O2. The minimum Gasteiger partial charge on any atom is -0.337 e. The van der Waals surface area contributed by atoms with E-state index in [1.54, 1.807) is 30.3 Å². The van der Waals surface area contributed by atoms with E-state index in [1.165, 1.54) is 12.3 Å². The first-order valence-electron chi connectivity index (χ1n) is 7.66. The largest absolute Gasteiger partial charge is 0.337 e. The number of hydroxylamine groups is 1.